The number of hydrogen-bond donors (Lipinski definition) is 2. The summed E-state index contributed by atoms with van der Waals surface area (Å²) in [4.78, 5) is 12.7. The summed E-state index contributed by atoms with van der Waals surface area (Å²) >= 11 is 11.4. The largest absolute Gasteiger partial charge is 0.328 e. The molecule has 35 heavy (non-hydrogen) atoms. The third-order valence-corrected chi connectivity index (χ3v) is 7.27. The quantitative estimate of drug-likeness (QED) is 0.226. The van der Waals surface area contributed by atoms with Crippen molar-refractivity contribution in [3.8, 4) is 5.69 Å². The highest BCUT2D eigenvalue weighted by Gasteiger charge is 2.22. The fourth-order valence-corrected chi connectivity index (χ4v) is 5.04. The number of hydrogen-bond acceptors (Lipinski definition) is 4. The van der Waals surface area contributed by atoms with E-state index in [9.17, 15) is 4.79 Å². The van der Waals surface area contributed by atoms with Crippen molar-refractivity contribution in [2.45, 2.75) is 37.7 Å². The first-order chi connectivity index (χ1) is 16.8. The molecule has 180 valence electrons. The zero-order valence-corrected chi connectivity index (χ0v) is 22.7. The molecule has 0 radical (unpaired) electrons. The average molecular weight is 571 g/mol. The van der Waals surface area contributed by atoms with E-state index in [-0.39, 0.29) is 6.03 Å². The van der Waals surface area contributed by atoms with Crippen molar-refractivity contribution in [2.75, 3.05) is 5.32 Å². The Labute approximate surface area is 222 Å². The number of aromatic nitrogens is 3. The summed E-state index contributed by atoms with van der Waals surface area (Å²) in [5.74, 6) is 1.37. The molecule has 1 atom stereocenters. The highest BCUT2D eigenvalue weighted by molar-refractivity contribution is 9.10. The lowest BCUT2D eigenvalue weighted by molar-refractivity contribution is 0.249. The van der Waals surface area contributed by atoms with E-state index in [2.05, 4.69) is 55.8 Å². The van der Waals surface area contributed by atoms with E-state index in [1.165, 1.54) is 11.1 Å². The van der Waals surface area contributed by atoms with Crippen molar-refractivity contribution in [1.82, 2.24) is 20.1 Å². The Balaban J connectivity index is 1.61. The number of nitrogens with zero attached hydrogens (tertiary/aromatic N) is 3. The van der Waals surface area contributed by atoms with Gasteiger partial charge in [-0.25, -0.2) is 4.79 Å². The van der Waals surface area contributed by atoms with E-state index in [1.807, 2.05) is 73.0 Å². The molecule has 0 saturated heterocycles. The summed E-state index contributed by atoms with van der Waals surface area (Å²) in [6.45, 7) is 6.00. The summed E-state index contributed by atoms with van der Waals surface area (Å²) in [6, 6.07) is 20.7. The van der Waals surface area contributed by atoms with Gasteiger partial charge in [-0.2, -0.15) is 0 Å². The van der Waals surface area contributed by atoms with Crippen LogP contribution in [0.2, 0.25) is 5.02 Å². The molecule has 4 aromatic rings. The van der Waals surface area contributed by atoms with Gasteiger partial charge in [0, 0.05) is 20.9 Å². The third-order valence-electron chi connectivity index (χ3n) is 5.53. The highest BCUT2D eigenvalue weighted by atomic mass is 79.9. The molecular weight excluding hydrogens is 546 g/mol. The van der Waals surface area contributed by atoms with Crippen molar-refractivity contribution < 1.29 is 4.79 Å². The molecule has 3 aromatic carbocycles. The number of carbonyl (C=O) groups excluding carboxylic acids is 1. The Morgan fingerprint density at radius 3 is 2.54 bits per heavy atom. The van der Waals surface area contributed by atoms with Crippen LogP contribution in [0.15, 0.2) is 76.4 Å². The van der Waals surface area contributed by atoms with Crippen LogP contribution in [0.3, 0.4) is 0 Å². The fourth-order valence-electron chi connectivity index (χ4n) is 3.58. The van der Waals surface area contributed by atoms with E-state index < -0.39 is 6.04 Å². The lowest BCUT2D eigenvalue weighted by Crippen LogP contribution is -2.32. The molecule has 0 saturated carbocycles. The standard InChI is InChI=1S/C26H25BrClN5OS/c1-16-6-4-5-7-19(16)15-35-26-32-31-24(33(26)23-14-21(28)11-8-17(23)2)18(3)29-25(34)30-22-12-9-20(27)10-13-22/h4-14,18H,15H2,1-3H3,(H2,29,30,34). The molecule has 4 rings (SSSR count). The Bertz CT molecular complexity index is 1340. The summed E-state index contributed by atoms with van der Waals surface area (Å²) < 4.78 is 2.92. The minimum atomic E-state index is -0.413. The SMILES string of the molecule is Cc1ccccc1CSc1nnc(C(C)NC(=O)Nc2ccc(Br)cc2)n1-c1cc(Cl)ccc1C. The van der Waals surface area contributed by atoms with Gasteiger partial charge in [0.2, 0.25) is 0 Å². The molecule has 1 unspecified atom stereocenters. The second kappa shape index (κ2) is 11.3. The van der Waals surface area contributed by atoms with E-state index in [0.717, 1.165) is 26.6 Å². The predicted molar refractivity (Wildman–Crippen MR) is 147 cm³/mol. The van der Waals surface area contributed by atoms with E-state index in [1.54, 1.807) is 11.8 Å². The third kappa shape index (κ3) is 6.25. The first kappa shape index (κ1) is 25.3. The van der Waals surface area contributed by atoms with Gasteiger partial charge < -0.3 is 10.6 Å². The number of anilines is 1. The zero-order chi connectivity index (χ0) is 24.9. The molecule has 0 aliphatic heterocycles. The first-order valence-corrected chi connectivity index (χ1v) is 13.2. The molecule has 1 aromatic heterocycles. The first-order valence-electron chi connectivity index (χ1n) is 11.0. The lowest BCUT2D eigenvalue weighted by atomic mass is 10.1. The van der Waals surface area contributed by atoms with Crippen LogP contribution < -0.4 is 10.6 Å². The predicted octanol–water partition coefficient (Wildman–Crippen LogP) is 7.48. The van der Waals surface area contributed by atoms with Gasteiger partial charge in [0.1, 0.15) is 0 Å². The van der Waals surface area contributed by atoms with E-state index >= 15 is 0 Å². The number of aryl methyl sites for hydroxylation is 2. The number of carbonyl (C=O) groups is 1. The molecule has 0 spiro atoms. The number of nitrogens with one attached hydrogen (secondary N) is 2. The Hall–Kier alpha value is -2.81. The minimum absolute atomic E-state index is 0.327. The van der Waals surface area contributed by atoms with Gasteiger partial charge in [0.15, 0.2) is 11.0 Å². The molecular formula is C26H25BrClN5OS. The summed E-state index contributed by atoms with van der Waals surface area (Å²) in [6.07, 6.45) is 0. The highest BCUT2D eigenvalue weighted by Crippen LogP contribution is 2.31. The Kier molecular flexibility index (Phi) is 8.15. The van der Waals surface area contributed by atoms with Gasteiger partial charge >= 0.3 is 6.03 Å². The van der Waals surface area contributed by atoms with E-state index in [0.29, 0.717) is 16.5 Å². The maximum atomic E-state index is 12.7. The van der Waals surface area contributed by atoms with Crippen LogP contribution in [-0.4, -0.2) is 20.8 Å². The van der Waals surface area contributed by atoms with Crippen molar-refractivity contribution in [3.63, 3.8) is 0 Å². The second-order valence-corrected chi connectivity index (χ2v) is 10.4. The van der Waals surface area contributed by atoms with Crippen molar-refractivity contribution in [2.24, 2.45) is 0 Å². The van der Waals surface area contributed by atoms with Crippen LogP contribution in [0, 0.1) is 13.8 Å². The lowest BCUT2D eigenvalue weighted by Gasteiger charge is -2.18. The molecule has 6 nitrogen and oxygen atoms in total. The van der Waals surface area contributed by atoms with Crippen LogP contribution in [0.25, 0.3) is 5.69 Å². The number of thioether (sulfide) groups is 1. The molecule has 9 heteroatoms. The summed E-state index contributed by atoms with van der Waals surface area (Å²) in [7, 11) is 0. The number of benzene rings is 3. The van der Waals surface area contributed by atoms with Crippen molar-refractivity contribution in [3.05, 3.63) is 98.7 Å². The monoisotopic (exact) mass is 569 g/mol. The number of halogens is 2. The van der Waals surface area contributed by atoms with Gasteiger partial charge in [-0.3, -0.25) is 4.57 Å². The zero-order valence-electron chi connectivity index (χ0n) is 19.5. The molecule has 2 amide bonds. The molecule has 0 aliphatic rings. The minimum Gasteiger partial charge on any atom is -0.328 e. The Morgan fingerprint density at radius 1 is 1.06 bits per heavy atom. The number of urea groups is 1. The molecule has 0 aliphatic carbocycles. The van der Waals surface area contributed by atoms with Crippen LogP contribution in [0.4, 0.5) is 10.5 Å². The summed E-state index contributed by atoms with van der Waals surface area (Å²) in [5.41, 5.74) is 5.06. The fraction of sp³-hybridized carbons (Fsp3) is 0.192. The van der Waals surface area contributed by atoms with E-state index in [4.69, 9.17) is 11.6 Å². The van der Waals surface area contributed by atoms with Gasteiger partial charge in [-0.05, 0) is 73.9 Å². The van der Waals surface area contributed by atoms with Gasteiger partial charge in [-0.1, -0.05) is 69.6 Å². The molecule has 0 bridgehead atoms. The normalized spacial score (nSPS) is 11.8. The molecule has 2 N–H and O–H groups in total. The average Bonchev–Trinajstić information content (AvgIpc) is 3.25. The number of rotatable bonds is 7. The number of amides is 2. The van der Waals surface area contributed by atoms with Crippen molar-refractivity contribution in [1.29, 1.82) is 0 Å². The van der Waals surface area contributed by atoms with Gasteiger partial charge in [-0.15, -0.1) is 10.2 Å². The van der Waals surface area contributed by atoms with Crippen LogP contribution in [0.5, 0.6) is 0 Å². The Morgan fingerprint density at radius 2 is 1.80 bits per heavy atom. The van der Waals surface area contributed by atoms with Gasteiger partial charge in [0.25, 0.3) is 0 Å². The maximum Gasteiger partial charge on any atom is 0.319 e. The van der Waals surface area contributed by atoms with Crippen LogP contribution in [0.1, 0.15) is 35.5 Å². The molecule has 1 heterocycles. The topological polar surface area (TPSA) is 71.8 Å². The molecule has 0 fully saturated rings. The maximum absolute atomic E-state index is 12.7. The van der Waals surface area contributed by atoms with Crippen LogP contribution >= 0.6 is 39.3 Å². The van der Waals surface area contributed by atoms with Gasteiger partial charge in [0.05, 0.1) is 11.7 Å². The second-order valence-electron chi connectivity index (χ2n) is 8.15. The summed E-state index contributed by atoms with van der Waals surface area (Å²) in [5, 5.41) is 16.1. The van der Waals surface area contributed by atoms with Crippen LogP contribution in [-0.2, 0) is 5.75 Å². The van der Waals surface area contributed by atoms with Crippen molar-refractivity contribution >= 4 is 51.0 Å². The smallest absolute Gasteiger partial charge is 0.319 e.